The molecule has 20 heavy (non-hydrogen) atoms. The molecule has 5 nitrogen and oxygen atoms in total. The first-order valence-electron chi connectivity index (χ1n) is 5.68. The van der Waals surface area contributed by atoms with E-state index in [1.807, 2.05) is 0 Å². The zero-order valence-electron chi connectivity index (χ0n) is 10.5. The number of benzene rings is 2. The average molecular weight is 271 g/mol. The summed E-state index contributed by atoms with van der Waals surface area (Å²) >= 11 is 0. The van der Waals surface area contributed by atoms with Gasteiger partial charge in [0.1, 0.15) is 5.75 Å². The third kappa shape index (κ3) is 4.38. The number of nitrogens with two attached hydrogens (primary N) is 1. The minimum absolute atomic E-state index is 0.0741. The molecule has 0 spiro atoms. The van der Waals surface area contributed by atoms with Crippen LogP contribution in [0.5, 0.6) is 5.75 Å². The summed E-state index contributed by atoms with van der Waals surface area (Å²) in [7, 11) is 0. The van der Waals surface area contributed by atoms with Gasteiger partial charge in [0.2, 0.25) is 5.78 Å². The molecule has 0 atom stereocenters. The lowest BCUT2D eigenvalue weighted by Gasteiger charge is -1.96. The molecule has 2 rings (SSSR count). The van der Waals surface area contributed by atoms with Gasteiger partial charge in [0.15, 0.2) is 6.29 Å². The molecule has 0 unspecified atom stereocenters. The third-order valence-electron chi connectivity index (χ3n) is 2.33. The van der Waals surface area contributed by atoms with Crippen LogP contribution in [0.25, 0.3) is 0 Å². The van der Waals surface area contributed by atoms with Crippen molar-refractivity contribution in [2.45, 2.75) is 0 Å². The summed E-state index contributed by atoms with van der Waals surface area (Å²) in [6.45, 7) is 0. The Bertz CT molecular complexity index is 608. The molecule has 5 heteroatoms. The maximum Gasteiger partial charge on any atom is 0.252 e. The highest BCUT2D eigenvalue weighted by Gasteiger charge is 2.03. The smallest absolute Gasteiger partial charge is 0.252 e. The molecule has 1 amide bonds. The molecule has 0 aromatic heterocycles. The summed E-state index contributed by atoms with van der Waals surface area (Å²) in [6, 6.07) is 14.6. The monoisotopic (exact) mass is 271 g/mol. The van der Waals surface area contributed by atoms with E-state index >= 15 is 0 Å². The van der Waals surface area contributed by atoms with Crippen molar-refractivity contribution in [3.63, 3.8) is 0 Å². The molecular formula is C15H13NO4. The number of amides is 1. The second-order valence-corrected chi connectivity index (χ2v) is 3.73. The van der Waals surface area contributed by atoms with Crippen molar-refractivity contribution in [2.75, 3.05) is 0 Å². The molecule has 2 aromatic rings. The lowest BCUT2D eigenvalue weighted by Crippen LogP contribution is -2.10. The van der Waals surface area contributed by atoms with Crippen molar-refractivity contribution in [3.8, 4) is 5.75 Å². The molecule has 0 aliphatic heterocycles. The first-order chi connectivity index (χ1) is 9.56. The molecule has 102 valence electrons. The van der Waals surface area contributed by atoms with Crippen molar-refractivity contribution >= 4 is 18.0 Å². The fourth-order valence-corrected chi connectivity index (χ4v) is 1.35. The Kier molecular flexibility index (Phi) is 5.65. The zero-order valence-corrected chi connectivity index (χ0v) is 10.5. The minimum Gasteiger partial charge on any atom is -0.507 e. The fraction of sp³-hybridized carbons (Fsp3) is 0. The summed E-state index contributed by atoms with van der Waals surface area (Å²) in [5.41, 5.74) is 5.51. The topological polar surface area (TPSA) is 97.5 Å². The number of carbonyl (C=O) groups is 3. The quantitative estimate of drug-likeness (QED) is 0.503. The first-order valence-corrected chi connectivity index (χ1v) is 5.68. The number of rotatable bonds is 3. The molecule has 3 N–H and O–H groups in total. The van der Waals surface area contributed by atoms with E-state index in [1.54, 1.807) is 42.5 Å². The van der Waals surface area contributed by atoms with Gasteiger partial charge in [-0.2, -0.15) is 0 Å². The van der Waals surface area contributed by atoms with Gasteiger partial charge in [0.25, 0.3) is 5.91 Å². The van der Waals surface area contributed by atoms with E-state index in [-0.39, 0.29) is 11.3 Å². The van der Waals surface area contributed by atoms with Gasteiger partial charge in [-0.3, -0.25) is 14.4 Å². The SMILES string of the molecule is NC(=O)c1ccccc1O.O=CC(=O)c1ccccc1. The predicted molar refractivity (Wildman–Crippen MR) is 73.5 cm³/mol. The standard InChI is InChI=1S/C8H6O2.C7H7NO2/c9-6-8(10)7-4-2-1-3-5-7;8-7(10)5-3-1-2-4-6(5)9/h1-6H;1-4,9H,(H2,8,10). The van der Waals surface area contributed by atoms with E-state index in [0.29, 0.717) is 11.8 Å². The van der Waals surface area contributed by atoms with E-state index in [4.69, 9.17) is 10.8 Å². The lowest BCUT2D eigenvalue weighted by molar-refractivity contribution is -0.104. The van der Waals surface area contributed by atoms with Gasteiger partial charge in [-0.05, 0) is 12.1 Å². The number of ketones is 1. The number of Topliss-reactive ketones (excluding diaryl/α,β-unsaturated/α-hetero) is 1. The molecular weight excluding hydrogens is 258 g/mol. The maximum absolute atomic E-state index is 10.6. The summed E-state index contributed by atoms with van der Waals surface area (Å²) in [5.74, 6) is -1.16. The Morgan fingerprint density at radius 1 is 0.950 bits per heavy atom. The number of hydrogen-bond acceptors (Lipinski definition) is 4. The lowest BCUT2D eigenvalue weighted by atomic mass is 10.1. The van der Waals surface area contributed by atoms with Crippen molar-refractivity contribution in [1.82, 2.24) is 0 Å². The van der Waals surface area contributed by atoms with Gasteiger partial charge in [-0.15, -0.1) is 0 Å². The van der Waals surface area contributed by atoms with Crippen LogP contribution in [-0.2, 0) is 4.79 Å². The van der Waals surface area contributed by atoms with Crippen molar-refractivity contribution in [2.24, 2.45) is 5.73 Å². The molecule has 0 fully saturated rings. The van der Waals surface area contributed by atoms with Crippen molar-refractivity contribution in [1.29, 1.82) is 0 Å². The number of para-hydroxylation sites is 1. The van der Waals surface area contributed by atoms with Gasteiger partial charge in [-0.25, -0.2) is 0 Å². The predicted octanol–water partition coefficient (Wildman–Crippen LogP) is 1.56. The molecule has 0 heterocycles. The van der Waals surface area contributed by atoms with E-state index in [0.717, 1.165) is 0 Å². The van der Waals surface area contributed by atoms with Gasteiger partial charge < -0.3 is 10.8 Å². The Hall–Kier alpha value is -2.95. The summed E-state index contributed by atoms with van der Waals surface area (Å²) < 4.78 is 0. The number of carbonyl (C=O) groups excluding carboxylic acids is 3. The van der Waals surface area contributed by atoms with Crippen LogP contribution in [0.15, 0.2) is 54.6 Å². The molecule has 2 aromatic carbocycles. The highest BCUT2D eigenvalue weighted by atomic mass is 16.3. The van der Waals surface area contributed by atoms with E-state index in [9.17, 15) is 14.4 Å². The second-order valence-electron chi connectivity index (χ2n) is 3.73. The molecule has 0 aliphatic rings. The Morgan fingerprint density at radius 3 is 1.95 bits per heavy atom. The molecule has 0 radical (unpaired) electrons. The second kappa shape index (κ2) is 7.48. The highest BCUT2D eigenvalue weighted by molar-refractivity contribution is 6.33. The maximum atomic E-state index is 10.6. The Morgan fingerprint density at radius 2 is 1.50 bits per heavy atom. The normalized spacial score (nSPS) is 9.00. The third-order valence-corrected chi connectivity index (χ3v) is 2.33. The number of aromatic hydroxyl groups is 1. The van der Waals surface area contributed by atoms with Crippen LogP contribution in [0.1, 0.15) is 20.7 Å². The number of aldehydes is 1. The number of phenols is 1. The summed E-state index contributed by atoms with van der Waals surface area (Å²) in [6.07, 6.45) is 0.315. The molecule has 0 saturated heterocycles. The van der Waals surface area contributed by atoms with E-state index < -0.39 is 11.7 Å². The summed E-state index contributed by atoms with van der Waals surface area (Å²) in [5, 5.41) is 8.98. The Labute approximate surface area is 115 Å². The average Bonchev–Trinajstić information content (AvgIpc) is 2.48. The minimum atomic E-state index is -0.613. The van der Waals surface area contributed by atoms with Gasteiger partial charge in [0, 0.05) is 5.56 Å². The number of primary amides is 1. The zero-order chi connectivity index (χ0) is 15.0. The van der Waals surface area contributed by atoms with Crippen LogP contribution in [0.3, 0.4) is 0 Å². The van der Waals surface area contributed by atoms with Gasteiger partial charge in [-0.1, -0.05) is 42.5 Å². The van der Waals surface area contributed by atoms with Crippen molar-refractivity contribution < 1.29 is 19.5 Å². The van der Waals surface area contributed by atoms with Crippen molar-refractivity contribution in [3.05, 3.63) is 65.7 Å². The van der Waals surface area contributed by atoms with Gasteiger partial charge >= 0.3 is 0 Å². The largest absolute Gasteiger partial charge is 0.507 e. The Balaban J connectivity index is 0.000000200. The van der Waals surface area contributed by atoms with Crippen LogP contribution in [0.2, 0.25) is 0 Å². The van der Waals surface area contributed by atoms with Gasteiger partial charge in [0.05, 0.1) is 5.56 Å². The van der Waals surface area contributed by atoms with Crippen LogP contribution in [0, 0.1) is 0 Å². The number of hydrogen-bond donors (Lipinski definition) is 2. The van der Waals surface area contributed by atoms with E-state index in [2.05, 4.69) is 0 Å². The first kappa shape index (κ1) is 15.1. The molecule has 0 aliphatic carbocycles. The summed E-state index contributed by atoms with van der Waals surface area (Å²) in [4.78, 5) is 31.1. The van der Waals surface area contributed by atoms with E-state index in [1.165, 1.54) is 12.1 Å². The molecule has 0 saturated carbocycles. The van der Waals surface area contributed by atoms with Crippen LogP contribution < -0.4 is 5.73 Å². The molecule has 0 bridgehead atoms. The van der Waals surface area contributed by atoms with Crippen LogP contribution in [-0.4, -0.2) is 23.1 Å². The van der Waals surface area contributed by atoms with Crippen LogP contribution in [0.4, 0.5) is 0 Å². The fourth-order valence-electron chi connectivity index (χ4n) is 1.35. The van der Waals surface area contributed by atoms with Crippen LogP contribution >= 0.6 is 0 Å². The highest BCUT2D eigenvalue weighted by Crippen LogP contribution is 2.13.